The van der Waals surface area contributed by atoms with Gasteiger partial charge in [-0.3, -0.25) is 4.98 Å². The van der Waals surface area contributed by atoms with Gasteiger partial charge in [-0.2, -0.15) is 0 Å². The van der Waals surface area contributed by atoms with Gasteiger partial charge in [0.25, 0.3) is 0 Å². The Kier molecular flexibility index (Phi) is 3.28. The molecule has 1 aromatic heterocycles. The topological polar surface area (TPSA) is 50.9 Å². The summed E-state index contributed by atoms with van der Waals surface area (Å²) < 4.78 is 13.9. The van der Waals surface area contributed by atoms with Crippen LogP contribution in [0.5, 0.6) is 0 Å². The quantitative estimate of drug-likeness (QED) is 0.890. The first-order chi connectivity index (χ1) is 8.08. The number of rotatable bonds is 2. The molecule has 88 valence electrons. The standard InChI is InChI=1S/C12H11BrFN3/c1-7-2-3-8(14)4-11(7)17-12-9(13)5-16-6-10(12)15/h2-6H,15H2,1H3,(H,16,17). The Labute approximate surface area is 107 Å². The molecular formula is C12H11BrFN3. The Balaban J connectivity index is 2.41. The van der Waals surface area contributed by atoms with Crippen LogP contribution >= 0.6 is 15.9 Å². The second kappa shape index (κ2) is 4.71. The number of aryl methyl sites for hydroxylation is 1. The van der Waals surface area contributed by atoms with Gasteiger partial charge in [-0.1, -0.05) is 6.07 Å². The van der Waals surface area contributed by atoms with Gasteiger partial charge in [0, 0.05) is 11.9 Å². The Morgan fingerprint density at radius 3 is 2.82 bits per heavy atom. The van der Waals surface area contributed by atoms with Crippen molar-refractivity contribution >= 4 is 33.0 Å². The summed E-state index contributed by atoms with van der Waals surface area (Å²) in [6.07, 6.45) is 3.18. The number of halogens is 2. The zero-order valence-electron chi connectivity index (χ0n) is 9.17. The van der Waals surface area contributed by atoms with Gasteiger partial charge in [-0.05, 0) is 40.5 Å². The Bertz CT molecular complexity index is 537. The van der Waals surface area contributed by atoms with Crippen LogP contribution in [0.2, 0.25) is 0 Å². The van der Waals surface area contributed by atoms with E-state index in [1.54, 1.807) is 18.5 Å². The van der Waals surface area contributed by atoms with Gasteiger partial charge in [-0.15, -0.1) is 0 Å². The third kappa shape index (κ3) is 2.55. The summed E-state index contributed by atoms with van der Waals surface area (Å²) in [6, 6.07) is 4.57. The van der Waals surface area contributed by atoms with Crippen molar-refractivity contribution in [3.05, 3.63) is 46.4 Å². The average molecular weight is 296 g/mol. The summed E-state index contributed by atoms with van der Waals surface area (Å²) in [5, 5.41) is 3.10. The predicted molar refractivity (Wildman–Crippen MR) is 70.8 cm³/mol. The maximum atomic E-state index is 13.2. The molecule has 0 saturated heterocycles. The van der Waals surface area contributed by atoms with Crippen molar-refractivity contribution in [3.63, 3.8) is 0 Å². The van der Waals surface area contributed by atoms with Gasteiger partial charge in [0.05, 0.1) is 22.0 Å². The molecule has 0 aliphatic carbocycles. The van der Waals surface area contributed by atoms with Crippen molar-refractivity contribution in [1.29, 1.82) is 0 Å². The molecule has 3 nitrogen and oxygen atoms in total. The van der Waals surface area contributed by atoms with Gasteiger partial charge < -0.3 is 11.1 Å². The average Bonchev–Trinajstić information content (AvgIpc) is 2.28. The van der Waals surface area contributed by atoms with Gasteiger partial charge in [0.15, 0.2) is 0 Å². The molecule has 3 N–H and O–H groups in total. The minimum Gasteiger partial charge on any atom is -0.396 e. The smallest absolute Gasteiger partial charge is 0.125 e. The number of hydrogen-bond acceptors (Lipinski definition) is 3. The van der Waals surface area contributed by atoms with E-state index in [-0.39, 0.29) is 5.82 Å². The van der Waals surface area contributed by atoms with E-state index in [0.717, 1.165) is 10.0 Å². The van der Waals surface area contributed by atoms with Crippen LogP contribution in [-0.4, -0.2) is 4.98 Å². The molecule has 0 aliphatic heterocycles. The lowest BCUT2D eigenvalue weighted by Gasteiger charge is -2.13. The zero-order valence-corrected chi connectivity index (χ0v) is 10.8. The molecule has 2 rings (SSSR count). The largest absolute Gasteiger partial charge is 0.396 e. The molecular weight excluding hydrogens is 285 g/mol. The molecule has 0 aliphatic rings. The molecule has 1 heterocycles. The highest BCUT2D eigenvalue weighted by Crippen LogP contribution is 2.31. The first-order valence-corrected chi connectivity index (χ1v) is 5.79. The third-order valence-electron chi connectivity index (χ3n) is 2.39. The second-order valence-corrected chi connectivity index (χ2v) is 4.52. The van der Waals surface area contributed by atoms with Gasteiger partial charge in [0.2, 0.25) is 0 Å². The van der Waals surface area contributed by atoms with E-state index in [1.807, 2.05) is 6.92 Å². The first kappa shape index (κ1) is 11.9. The lowest BCUT2D eigenvalue weighted by molar-refractivity contribution is 0.628. The Hall–Kier alpha value is -1.62. The molecule has 17 heavy (non-hydrogen) atoms. The van der Waals surface area contributed by atoms with E-state index in [4.69, 9.17) is 5.73 Å². The predicted octanol–water partition coefficient (Wildman–Crippen LogP) is 3.62. The lowest BCUT2D eigenvalue weighted by atomic mass is 10.2. The number of nitrogen functional groups attached to an aromatic ring is 1. The van der Waals surface area contributed by atoms with E-state index in [2.05, 4.69) is 26.2 Å². The molecule has 0 saturated carbocycles. The van der Waals surface area contributed by atoms with Crippen LogP contribution < -0.4 is 11.1 Å². The van der Waals surface area contributed by atoms with E-state index >= 15 is 0 Å². The summed E-state index contributed by atoms with van der Waals surface area (Å²) in [6.45, 7) is 1.90. The number of nitrogens with zero attached hydrogens (tertiary/aromatic N) is 1. The summed E-state index contributed by atoms with van der Waals surface area (Å²) in [7, 11) is 0. The maximum absolute atomic E-state index is 13.2. The third-order valence-corrected chi connectivity index (χ3v) is 2.99. The van der Waals surface area contributed by atoms with E-state index in [0.29, 0.717) is 17.1 Å². The highest BCUT2D eigenvalue weighted by atomic mass is 79.9. The normalized spacial score (nSPS) is 10.3. The zero-order chi connectivity index (χ0) is 12.4. The molecule has 0 unspecified atom stereocenters. The summed E-state index contributed by atoms with van der Waals surface area (Å²) in [5.74, 6) is -0.290. The molecule has 5 heteroatoms. The van der Waals surface area contributed by atoms with Crippen LogP contribution in [0.15, 0.2) is 35.1 Å². The van der Waals surface area contributed by atoms with Crippen molar-refractivity contribution in [3.8, 4) is 0 Å². The van der Waals surface area contributed by atoms with Crippen molar-refractivity contribution < 1.29 is 4.39 Å². The van der Waals surface area contributed by atoms with Crippen LogP contribution in [0.4, 0.5) is 21.5 Å². The minimum atomic E-state index is -0.290. The second-order valence-electron chi connectivity index (χ2n) is 3.67. The number of nitrogens with two attached hydrogens (primary N) is 1. The molecule has 0 spiro atoms. The monoisotopic (exact) mass is 295 g/mol. The molecule has 1 aromatic carbocycles. The van der Waals surface area contributed by atoms with Gasteiger partial charge in [0.1, 0.15) is 5.82 Å². The van der Waals surface area contributed by atoms with Crippen molar-refractivity contribution in [2.24, 2.45) is 0 Å². The molecule has 0 bridgehead atoms. The van der Waals surface area contributed by atoms with E-state index in [1.165, 1.54) is 12.1 Å². The van der Waals surface area contributed by atoms with Crippen LogP contribution in [0.3, 0.4) is 0 Å². The lowest BCUT2D eigenvalue weighted by Crippen LogP contribution is -2.00. The van der Waals surface area contributed by atoms with Crippen LogP contribution in [0, 0.1) is 12.7 Å². The van der Waals surface area contributed by atoms with E-state index < -0.39 is 0 Å². The SMILES string of the molecule is Cc1ccc(F)cc1Nc1c(N)cncc1Br. The number of benzene rings is 1. The number of anilines is 3. The molecule has 0 atom stereocenters. The van der Waals surface area contributed by atoms with Crippen LogP contribution in [-0.2, 0) is 0 Å². The number of hydrogen-bond donors (Lipinski definition) is 2. The number of pyridine rings is 1. The summed E-state index contributed by atoms with van der Waals surface area (Å²) in [4.78, 5) is 3.94. The minimum absolute atomic E-state index is 0.290. The molecule has 0 amide bonds. The molecule has 2 aromatic rings. The summed E-state index contributed by atoms with van der Waals surface area (Å²) >= 11 is 3.35. The van der Waals surface area contributed by atoms with Gasteiger partial charge in [-0.25, -0.2) is 4.39 Å². The van der Waals surface area contributed by atoms with Crippen LogP contribution in [0.1, 0.15) is 5.56 Å². The molecule has 0 radical (unpaired) electrons. The van der Waals surface area contributed by atoms with E-state index in [9.17, 15) is 4.39 Å². The van der Waals surface area contributed by atoms with Crippen molar-refractivity contribution in [1.82, 2.24) is 4.98 Å². The highest BCUT2D eigenvalue weighted by molar-refractivity contribution is 9.10. The fourth-order valence-corrected chi connectivity index (χ4v) is 1.89. The fraction of sp³-hybridized carbons (Fsp3) is 0.0833. The first-order valence-electron chi connectivity index (χ1n) is 5.00. The summed E-state index contributed by atoms with van der Waals surface area (Å²) in [5.41, 5.74) is 8.62. The van der Waals surface area contributed by atoms with Crippen LogP contribution in [0.25, 0.3) is 0 Å². The van der Waals surface area contributed by atoms with Crippen molar-refractivity contribution in [2.75, 3.05) is 11.1 Å². The number of nitrogens with one attached hydrogen (secondary N) is 1. The van der Waals surface area contributed by atoms with Crippen molar-refractivity contribution in [2.45, 2.75) is 6.92 Å². The Morgan fingerprint density at radius 1 is 1.35 bits per heavy atom. The molecule has 0 fully saturated rings. The number of aromatic nitrogens is 1. The van der Waals surface area contributed by atoms with Gasteiger partial charge >= 0.3 is 0 Å². The highest BCUT2D eigenvalue weighted by Gasteiger charge is 2.07. The Morgan fingerprint density at radius 2 is 2.12 bits per heavy atom. The fourth-order valence-electron chi connectivity index (χ4n) is 1.45. The maximum Gasteiger partial charge on any atom is 0.125 e.